The van der Waals surface area contributed by atoms with E-state index >= 15 is 0 Å². The van der Waals surface area contributed by atoms with Gasteiger partial charge in [0, 0.05) is 24.1 Å². The van der Waals surface area contributed by atoms with Gasteiger partial charge in [0.1, 0.15) is 12.1 Å². The van der Waals surface area contributed by atoms with E-state index < -0.39 is 47.8 Å². The molecule has 36 heavy (non-hydrogen) atoms. The molecule has 2 unspecified atom stereocenters. The minimum absolute atomic E-state index is 0.00955. The third kappa shape index (κ3) is 4.49. The topological polar surface area (TPSA) is 116 Å². The summed E-state index contributed by atoms with van der Waals surface area (Å²) in [7, 11) is 0. The first-order valence-corrected chi connectivity index (χ1v) is 12.3. The van der Waals surface area contributed by atoms with Crippen LogP contribution >= 0.6 is 0 Å². The Kier molecular flexibility index (Phi) is 6.09. The molecule has 2 atom stereocenters. The van der Waals surface area contributed by atoms with E-state index in [2.05, 4.69) is 10.6 Å². The number of alkyl halides is 3. The lowest BCUT2D eigenvalue weighted by Crippen LogP contribution is -2.53. The van der Waals surface area contributed by atoms with Gasteiger partial charge < -0.3 is 15.3 Å². The lowest BCUT2D eigenvalue weighted by molar-refractivity contribution is -0.173. The number of hydrogen-bond acceptors (Lipinski definition) is 5. The second-order valence-electron chi connectivity index (χ2n) is 10.7. The number of piperidine rings is 1. The molecule has 1 aromatic carbocycles. The number of hydrogen-bond donors (Lipinski definition) is 3. The van der Waals surface area contributed by atoms with Crippen molar-refractivity contribution < 1.29 is 37.5 Å². The van der Waals surface area contributed by atoms with Crippen LogP contribution in [0.15, 0.2) is 18.2 Å². The van der Waals surface area contributed by atoms with Crippen LogP contribution in [0.4, 0.5) is 13.2 Å². The van der Waals surface area contributed by atoms with Crippen molar-refractivity contribution in [3.63, 3.8) is 0 Å². The van der Waals surface area contributed by atoms with Crippen molar-refractivity contribution in [3.8, 4) is 0 Å². The molecule has 5 rings (SSSR count). The second-order valence-corrected chi connectivity index (χ2v) is 10.7. The molecule has 1 aromatic rings. The molecule has 0 radical (unpaired) electrons. The Morgan fingerprint density at radius 2 is 1.83 bits per heavy atom. The molecule has 2 saturated carbocycles. The van der Waals surface area contributed by atoms with Crippen LogP contribution in [-0.2, 0) is 16.1 Å². The van der Waals surface area contributed by atoms with E-state index in [1.165, 1.54) is 23.1 Å². The second kappa shape index (κ2) is 8.86. The number of nitrogens with one attached hydrogen (secondary N) is 2. The van der Waals surface area contributed by atoms with E-state index in [1.807, 2.05) is 0 Å². The lowest BCUT2D eigenvalue weighted by atomic mass is 9.57. The molecule has 0 bridgehead atoms. The summed E-state index contributed by atoms with van der Waals surface area (Å²) in [5, 5.41) is 14.0. The summed E-state index contributed by atoms with van der Waals surface area (Å²) in [5.41, 5.74) is 0.681. The number of aliphatic hydroxyl groups is 1. The van der Waals surface area contributed by atoms with Crippen LogP contribution in [0.2, 0.25) is 0 Å². The maximum Gasteiger partial charge on any atom is 0.408 e. The minimum atomic E-state index is -4.61. The Hall–Kier alpha value is -2.95. The molecular weight excluding hydrogens is 479 g/mol. The van der Waals surface area contributed by atoms with Crippen LogP contribution in [0.1, 0.15) is 77.6 Å². The average Bonchev–Trinajstić information content (AvgIpc) is 3.12. The quantitative estimate of drug-likeness (QED) is 0.542. The summed E-state index contributed by atoms with van der Waals surface area (Å²) in [6, 6.07) is 1.31. The lowest BCUT2D eigenvalue weighted by Gasteiger charge is -2.50. The predicted octanol–water partition coefficient (Wildman–Crippen LogP) is 2.44. The molecular formula is C25H28F3N3O5. The van der Waals surface area contributed by atoms with Crippen LogP contribution in [-0.4, -0.2) is 58.0 Å². The van der Waals surface area contributed by atoms with E-state index in [1.54, 1.807) is 0 Å². The molecule has 3 N–H and O–H groups in total. The summed E-state index contributed by atoms with van der Waals surface area (Å²) < 4.78 is 41.9. The fourth-order valence-electron chi connectivity index (χ4n) is 6.34. The van der Waals surface area contributed by atoms with Gasteiger partial charge in [-0.2, -0.15) is 13.2 Å². The number of imide groups is 1. The van der Waals surface area contributed by atoms with Gasteiger partial charge in [-0.05, 0) is 80.0 Å². The van der Waals surface area contributed by atoms with Crippen LogP contribution in [0.25, 0.3) is 0 Å². The number of rotatable bonds is 4. The zero-order valence-corrected chi connectivity index (χ0v) is 19.6. The van der Waals surface area contributed by atoms with Gasteiger partial charge in [-0.1, -0.05) is 0 Å². The van der Waals surface area contributed by atoms with Crippen LogP contribution < -0.4 is 10.6 Å². The zero-order valence-electron chi connectivity index (χ0n) is 19.6. The van der Waals surface area contributed by atoms with E-state index in [0.29, 0.717) is 44.1 Å². The first kappa shape index (κ1) is 24.7. The number of carbonyl (C=O) groups excluding carboxylic acids is 4. The molecule has 1 spiro atoms. The number of benzene rings is 1. The van der Waals surface area contributed by atoms with Crippen molar-refractivity contribution in [1.82, 2.24) is 15.5 Å². The third-order valence-corrected chi connectivity index (χ3v) is 8.32. The predicted molar refractivity (Wildman–Crippen MR) is 119 cm³/mol. The SMILES string of the molecule is O=C1CCC(N2Cc3cc(C(=O)NC(C4CCC5(CC4)CC(O)C5)C(F)(F)F)ccc3C2=O)C(=O)N1. The van der Waals surface area contributed by atoms with Crippen LogP contribution in [0.5, 0.6) is 0 Å². The van der Waals surface area contributed by atoms with E-state index in [4.69, 9.17) is 0 Å². The number of halogens is 3. The Bertz CT molecular complexity index is 1100. The largest absolute Gasteiger partial charge is 0.408 e. The first-order valence-electron chi connectivity index (χ1n) is 12.3. The Labute approximate surface area is 205 Å². The van der Waals surface area contributed by atoms with Gasteiger partial charge in [-0.25, -0.2) is 0 Å². The molecule has 4 amide bonds. The minimum Gasteiger partial charge on any atom is -0.393 e. The van der Waals surface area contributed by atoms with Gasteiger partial charge in [-0.15, -0.1) is 0 Å². The molecule has 8 nitrogen and oxygen atoms in total. The standard InChI is InChI=1S/C25H28F3N3O5/c26-25(27,28)20(13-5-7-24(8-6-13)10-16(32)11-24)30-21(34)14-1-2-17-15(9-14)12-31(23(17)36)18-3-4-19(33)29-22(18)35/h1-2,9,13,16,18,20,32H,3-8,10-12H2,(H,30,34)(H,29,33,35). The molecule has 194 valence electrons. The normalized spacial score (nSPS) is 31.1. The first-order chi connectivity index (χ1) is 17.0. The van der Waals surface area contributed by atoms with Gasteiger partial charge in [-0.3, -0.25) is 24.5 Å². The fourth-order valence-corrected chi connectivity index (χ4v) is 6.34. The number of carbonyl (C=O) groups is 4. The molecule has 2 heterocycles. The third-order valence-electron chi connectivity index (χ3n) is 8.32. The van der Waals surface area contributed by atoms with Crippen molar-refractivity contribution in [2.24, 2.45) is 11.3 Å². The molecule has 3 fully saturated rings. The number of fused-ring (bicyclic) bond motifs is 1. The van der Waals surface area contributed by atoms with Gasteiger partial charge in [0.15, 0.2) is 0 Å². The van der Waals surface area contributed by atoms with Crippen molar-refractivity contribution in [2.45, 2.75) is 82.3 Å². The van der Waals surface area contributed by atoms with Crippen LogP contribution in [0.3, 0.4) is 0 Å². The Morgan fingerprint density at radius 1 is 1.14 bits per heavy atom. The van der Waals surface area contributed by atoms with Crippen molar-refractivity contribution in [3.05, 3.63) is 34.9 Å². The highest BCUT2D eigenvalue weighted by Gasteiger charge is 2.51. The highest BCUT2D eigenvalue weighted by molar-refractivity contribution is 6.06. The van der Waals surface area contributed by atoms with Crippen molar-refractivity contribution in [1.29, 1.82) is 0 Å². The van der Waals surface area contributed by atoms with E-state index in [9.17, 15) is 37.5 Å². The monoisotopic (exact) mass is 507 g/mol. The highest BCUT2D eigenvalue weighted by atomic mass is 19.4. The summed E-state index contributed by atoms with van der Waals surface area (Å²) in [6.07, 6.45) is -1.55. The fraction of sp³-hybridized carbons (Fsp3) is 0.600. The zero-order chi connectivity index (χ0) is 25.8. The highest BCUT2D eigenvalue weighted by Crippen LogP contribution is 2.54. The van der Waals surface area contributed by atoms with E-state index in [-0.39, 0.29) is 42.0 Å². The summed E-state index contributed by atoms with van der Waals surface area (Å²) >= 11 is 0. The number of aliphatic hydroxyl groups excluding tert-OH is 1. The molecule has 2 aliphatic heterocycles. The average molecular weight is 508 g/mol. The van der Waals surface area contributed by atoms with Gasteiger partial charge >= 0.3 is 6.18 Å². The maximum atomic E-state index is 14.0. The molecule has 11 heteroatoms. The van der Waals surface area contributed by atoms with Gasteiger partial charge in [0.05, 0.1) is 6.10 Å². The smallest absolute Gasteiger partial charge is 0.393 e. The summed E-state index contributed by atoms with van der Waals surface area (Å²) in [4.78, 5) is 50.6. The number of amides is 4. The Morgan fingerprint density at radius 3 is 2.44 bits per heavy atom. The molecule has 2 aliphatic carbocycles. The van der Waals surface area contributed by atoms with Crippen LogP contribution in [0, 0.1) is 11.3 Å². The summed E-state index contributed by atoms with van der Waals surface area (Å²) in [6.45, 7) is 0.0286. The summed E-state index contributed by atoms with van der Waals surface area (Å²) in [5.74, 6) is -3.00. The molecule has 4 aliphatic rings. The Balaban J connectivity index is 1.27. The maximum absolute atomic E-state index is 14.0. The van der Waals surface area contributed by atoms with Crippen molar-refractivity contribution >= 4 is 23.6 Å². The molecule has 0 aromatic heterocycles. The van der Waals surface area contributed by atoms with E-state index in [0.717, 1.165) is 0 Å². The van der Waals surface area contributed by atoms with Gasteiger partial charge in [0.25, 0.3) is 11.8 Å². The van der Waals surface area contributed by atoms with Gasteiger partial charge in [0.2, 0.25) is 11.8 Å². The molecule has 1 saturated heterocycles. The van der Waals surface area contributed by atoms with Crippen molar-refractivity contribution in [2.75, 3.05) is 0 Å². The number of nitrogens with zero attached hydrogens (tertiary/aromatic N) is 1.